The van der Waals surface area contributed by atoms with Crippen LogP contribution in [0.1, 0.15) is 10.9 Å². The molecule has 0 N–H and O–H groups in total. The zero-order chi connectivity index (χ0) is 11.5. The van der Waals surface area contributed by atoms with Crippen LogP contribution in [0.5, 0.6) is 0 Å². The molecule has 0 aliphatic carbocycles. The second-order valence-corrected chi connectivity index (χ2v) is 4.06. The van der Waals surface area contributed by atoms with Gasteiger partial charge in [-0.25, -0.2) is 4.68 Å². The third-order valence-electron chi connectivity index (χ3n) is 2.11. The molecule has 5 heteroatoms. The first-order chi connectivity index (χ1) is 7.70. The fourth-order valence-electron chi connectivity index (χ4n) is 1.31. The number of nitrogens with zero attached hydrogens (tertiary/aromatic N) is 3. The highest BCUT2D eigenvalue weighted by atomic mass is 35.5. The largest absolute Gasteiger partial charge is 0.239 e. The first-order valence-electron chi connectivity index (χ1n) is 4.55. The van der Waals surface area contributed by atoms with E-state index in [-0.39, 0.29) is 0 Å². The molecule has 3 nitrogen and oxygen atoms in total. The summed E-state index contributed by atoms with van der Waals surface area (Å²) in [4.78, 5) is 0. The third kappa shape index (κ3) is 2.19. The molecule has 0 bridgehead atoms. The molecule has 0 spiro atoms. The number of hydrogen-bond donors (Lipinski definition) is 0. The first kappa shape index (κ1) is 11.0. The number of rotatable bonds is 2. The summed E-state index contributed by atoms with van der Waals surface area (Å²) in [5.41, 5.74) is 1.64. The summed E-state index contributed by atoms with van der Waals surface area (Å²) in [6, 6.07) is 9.24. The van der Waals surface area contributed by atoms with Crippen LogP contribution in [0.3, 0.4) is 0 Å². The SMILES string of the molecule is N#CC(Cl)c1ccc(-n2cc(Cl)cn2)cc1. The van der Waals surface area contributed by atoms with Gasteiger partial charge in [0.25, 0.3) is 0 Å². The average Bonchev–Trinajstić information content (AvgIpc) is 2.75. The Labute approximate surface area is 103 Å². The van der Waals surface area contributed by atoms with Gasteiger partial charge in [-0.2, -0.15) is 10.4 Å². The van der Waals surface area contributed by atoms with Crippen LogP contribution in [0.15, 0.2) is 36.7 Å². The molecule has 1 atom stereocenters. The van der Waals surface area contributed by atoms with E-state index in [0.29, 0.717) is 5.02 Å². The van der Waals surface area contributed by atoms with Crippen molar-refractivity contribution in [2.45, 2.75) is 5.38 Å². The molecule has 0 amide bonds. The van der Waals surface area contributed by atoms with Crippen molar-refractivity contribution in [1.82, 2.24) is 9.78 Å². The second-order valence-electron chi connectivity index (χ2n) is 3.19. The molecule has 0 aliphatic rings. The molecule has 0 aliphatic heterocycles. The Hall–Kier alpha value is -1.50. The van der Waals surface area contributed by atoms with Gasteiger partial charge in [-0.15, -0.1) is 11.6 Å². The molecule has 1 heterocycles. The van der Waals surface area contributed by atoms with Gasteiger partial charge in [0.2, 0.25) is 0 Å². The van der Waals surface area contributed by atoms with Gasteiger partial charge in [-0.05, 0) is 17.7 Å². The number of benzene rings is 1. The Bertz CT molecular complexity index is 525. The van der Waals surface area contributed by atoms with E-state index >= 15 is 0 Å². The number of alkyl halides is 1. The Morgan fingerprint density at radius 2 is 2.00 bits per heavy atom. The fourth-order valence-corrected chi connectivity index (χ4v) is 1.59. The molecule has 0 radical (unpaired) electrons. The van der Waals surface area contributed by atoms with Crippen LogP contribution < -0.4 is 0 Å². The highest BCUT2D eigenvalue weighted by Crippen LogP contribution is 2.21. The minimum absolute atomic E-state index is 0.580. The van der Waals surface area contributed by atoms with Crippen LogP contribution >= 0.6 is 23.2 Å². The number of halogens is 2. The lowest BCUT2D eigenvalue weighted by atomic mass is 10.1. The summed E-state index contributed by atoms with van der Waals surface area (Å²) < 4.78 is 1.65. The summed E-state index contributed by atoms with van der Waals surface area (Å²) in [6.45, 7) is 0. The van der Waals surface area contributed by atoms with Crippen molar-refractivity contribution >= 4 is 23.2 Å². The Morgan fingerprint density at radius 1 is 1.31 bits per heavy atom. The molecule has 80 valence electrons. The quantitative estimate of drug-likeness (QED) is 0.769. The summed E-state index contributed by atoms with van der Waals surface area (Å²) in [7, 11) is 0. The van der Waals surface area contributed by atoms with Gasteiger partial charge in [0.15, 0.2) is 0 Å². The van der Waals surface area contributed by atoms with Gasteiger partial charge in [0.05, 0.1) is 23.0 Å². The molecule has 1 aromatic carbocycles. The predicted octanol–water partition coefficient (Wildman–Crippen LogP) is 3.33. The van der Waals surface area contributed by atoms with Crippen LogP contribution in [-0.4, -0.2) is 9.78 Å². The molecule has 0 saturated carbocycles. The number of hydrogen-bond acceptors (Lipinski definition) is 2. The molecule has 2 aromatic rings. The van der Waals surface area contributed by atoms with Crippen LogP contribution in [-0.2, 0) is 0 Å². The summed E-state index contributed by atoms with van der Waals surface area (Å²) in [6.07, 6.45) is 3.27. The normalized spacial score (nSPS) is 12.1. The van der Waals surface area contributed by atoms with Gasteiger partial charge in [-0.3, -0.25) is 0 Å². The van der Waals surface area contributed by atoms with E-state index in [0.717, 1.165) is 11.3 Å². The molecule has 16 heavy (non-hydrogen) atoms. The van der Waals surface area contributed by atoms with Gasteiger partial charge in [-0.1, -0.05) is 23.7 Å². The molecule has 0 fully saturated rings. The summed E-state index contributed by atoms with van der Waals surface area (Å²) >= 11 is 11.6. The molecular weight excluding hydrogens is 245 g/mol. The van der Waals surface area contributed by atoms with Crippen molar-refractivity contribution in [3.8, 4) is 11.8 Å². The van der Waals surface area contributed by atoms with E-state index in [9.17, 15) is 0 Å². The van der Waals surface area contributed by atoms with E-state index in [1.54, 1.807) is 29.2 Å². The van der Waals surface area contributed by atoms with Gasteiger partial charge in [0.1, 0.15) is 5.38 Å². The average molecular weight is 252 g/mol. The van der Waals surface area contributed by atoms with Gasteiger partial charge >= 0.3 is 0 Å². The Kier molecular flexibility index (Phi) is 3.14. The molecule has 1 unspecified atom stereocenters. The Morgan fingerprint density at radius 3 is 2.50 bits per heavy atom. The predicted molar refractivity (Wildman–Crippen MR) is 62.8 cm³/mol. The lowest BCUT2D eigenvalue weighted by Crippen LogP contribution is -1.94. The van der Waals surface area contributed by atoms with E-state index in [1.165, 1.54) is 0 Å². The number of aromatic nitrogens is 2. The lowest BCUT2D eigenvalue weighted by molar-refractivity contribution is 0.879. The van der Waals surface area contributed by atoms with Crippen LogP contribution in [0.2, 0.25) is 5.02 Å². The van der Waals surface area contributed by atoms with Crippen molar-refractivity contribution in [3.05, 3.63) is 47.2 Å². The van der Waals surface area contributed by atoms with Crippen LogP contribution in [0, 0.1) is 11.3 Å². The van der Waals surface area contributed by atoms with Crippen molar-refractivity contribution in [3.63, 3.8) is 0 Å². The van der Waals surface area contributed by atoms with E-state index < -0.39 is 5.38 Å². The van der Waals surface area contributed by atoms with Crippen molar-refractivity contribution in [2.75, 3.05) is 0 Å². The fraction of sp³-hybridized carbons (Fsp3) is 0.0909. The first-order valence-corrected chi connectivity index (χ1v) is 5.36. The smallest absolute Gasteiger partial charge is 0.145 e. The van der Waals surface area contributed by atoms with E-state index in [1.807, 2.05) is 18.2 Å². The third-order valence-corrected chi connectivity index (χ3v) is 2.66. The highest BCUT2D eigenvalue weighted by molar-refractivity contribution is 6.30. The zero-order valence-electron chi connectivity index (χ0n) is 8.14. The molecule has 2 rings (SSSR count). The van der Waals surface area contributed by atoms with E-state index in [2.05, 4.69) is 5.10 Å². The zero-order valence-corrected chi connectivity index (χ0v) is 9.65. The van der Waals surface area contributed by atoms with Crippen LogP contribution in [0.25, 0.3) is 5.69 Å². The van der Waals surface area contributed by atoms with Crippen LogP contribution in [0.4, 0.5) is 0 Å². The molecule has 1 aromatic heterocycles. The topological polar surface area (TPSA) is 41.6 Å². The van der Waals surface area contributed by atoms with Gasteiger partial charge < -0.3 is 0 Å². The lowest BCUT2D eigenvalue weighted by Gasteiger charge is -2.03. The highest BCUT2D eigenvalue weighted by Gasteiger charge is 2.06. The number of nitriles is 1. The Balaban J connectivity index is 2.30. The summed E-state index contributed by atoms with van der Waals surface area (Å²) in [5, 5.41) is 12.7. The maximum atomic E-state index is 8.66. The molecular formula is C11H7Cl2N3. The van der Waals surface area contributed by atoms with Gasteiger partial charge in [0, 0.05) is 6.20 Å². The van der Waals surface area contributed by atoms with Crippen molar-refractivity contribution < 1.29 is 0 Å². The minimum atomic E-state index is -0.616. The second kappa shape index (κ2) is 4.56. The maximum Gasteiger partial charge on any atom is 0.145 e. The van der Waals surface area contributed by atoms with E-state index in [4.69, 9.17) is 28.5 Å². The van der Waals surface area contributed by atoms with Crippen molar-refractivity contribution in [2.24, 2.45) is 0 Å². The minimum Gasteiger partial charge on any atom is -0.239 e. The standard InChI is InChI=1S/C11H7Cl2N3/c12-9-6-15-16(7-9)10-3-1-8(2-4-10)11(13)5-14/h1-4,6-7,11H. The van der Waals surface area contributed by atoms with Crippen molar-refractivity contribution in [1.29, 1.82) is 5.26 Å². The maximum absolute atomic E-state index is 8.66. The molecule has 0 saturated heterocycles. The summed E-state index contributed by atoms with van der Waals surface area (Å²) in [5.74, 6) is 0. The monoisotopic (exact) mass is 251 g/mol.